The second kappa shape index (κ2) is 11.0. The first-order chi connectivity index (χ1) is 9.26. The van der Waals surface area contributed by atoms with E-state index in [-0.39, 0.29) is 36.4 Å². The van der Waals surface area contributed by atoms with Gasteiger partial charge in [0.15, 0.2) is 5.96 Å². The molecule has 1 aromatic rings. The van der Waals surface area contributed by atoms with Crippen molar-refractivity contribution in [1.29, 1.82) is 0 Å². The van der Waals surface area contributed by atoms with Crippen molar-refractivity contribution in [3.8, 4) is 12.3 Å². The molecule has 1 heterocycles. The van der Waals surface area contributed by atoms with Gasteiger partial charge in [0.2, 0.25) is 5.91 Å². The standard InChI is InChI=1S/C13H17N5O.HI/c1-3-7-16-13(15-4-2)17-10-12(19)18-11-6-5-8-14-9-11;/h1,5-6,8-9H,4,7,10H2,2H3,(H,18,19)(H2,15,16,17);1H. The number of nitrogens with zero attached hydrogens (tertiary/aromatic N) is 2. The van der Waals surface area contributed by atoms with Gasteiger partial charge in [0.25, 0.3) is 0 Å². The number of pyridine rings is 1. The summed E-state index contributed by atoms with van der Waals surface area (Å²) in [7, 11) is 0. The Morgan fingerprint density at radius 1 is 1.50 bits per heavy atom. The quantitative estimate of drug-likeness (QED) is 0.303. The molecule has 1 amide bonds. The van der Waals surface area contributed by atoms with Crippen LogP contribution in [0.5, 0.6) is 0 Å². The van der Waals surface area contributed by atoms with E-state index in [1.54, 1.807) is 24.5 Å². The van der Waals surface area contributed by atoms with E-state index >= 15 is 0 Å². The predicted molar refractivity (Wildman–Crippen MR) is 91.1 cm³/mol. The lowest BCUT2D eigenvalue weighted by Gasteiger charge is -2.08. The van der Waals surface area contributed by atoms with Gasteiger partial charge in [0.1, 0.15) is 6.54 Å². The number of carbonyl (C=O) groups excluding carboxylic acids is 1. The Morgan fingerprint density at radius 2 is 2.30 bits per heavy atom. The predicted octanol–water partition coefficient (Wildman–Crippen LogP) is 0.826. The molecule has 0 bridgehead atoms. The minimum Gasteiger partial charge on any atom is -0.357 e. The summed E-state index contributed by atoms with van der Waals surface area (Å²) in [6.07, 6.45) is 8.36. The lowest BCUT2D eigenvalue weighted by Crippen LogP contribution is -2.38. The number of amides is 1. The van der Waals surface area contributed by atoms with E-state index in [2.05, 4.69) is 31.8 Å². The van der Waals surface area contributed by atoms with E-state index in [9.17, 15) is 4.79 Å². The van der Waals surface area contributed by atoms with Crippen LogP contribution in [0.4, 0.5) is 5.69 Å². The summed E-state index contributed by atoms with van der Waals surface area (Å²) >= 11 is 0. The van der Waals surface area contributed by atoms with Gasteiger partial charge in [-0.3, -0.25) is 9.78 Å². The van der Waals surface area contributed by atoms with Crippen LogP contribution in [-0.4, -0.2) is 36.5 Å². The molecule has 0 aliphatic carbocycles. The van der Waals surface area contributed by atoms with E-state index in [1.807, 2.05) is 6.92 Å². The van der Waals surface area contributed by atoms with Crippen LogP contribution in [0.1, 0.15) is 6.92 Å². The molecule has 1 aromatic heterocycles. The van der Waals surface area contributed by atoms with Gasteiger partial charge >= 0.3 is 0 Å². The number of hydrogen-bond donors (Lipinski definition) is 3. The Balaban J connectivity index is 0.00000361. The first kappa shape index (κ1) is 18.2. The van der Waals surface area contributed by atoms with Crippen molar-refractivity contribution in [1.82, 2.24) is 15.6 Å². The van der Waals surface area contributed by atoms with Crippen molar-refractivity contribution in [3.63, 3.8) is 0 Å². The second-order valence-corrected chi connectivity index (χ2v) is 3.54. The molecule has 0 aromatic carbocycles. The number of hydrogen-bond acceptors (Lipinski definition) is 3. The van der Waals surface area contributed by atoms with Crippen LogP contribution in [0.2, 0.25) is 0 Å². The van der Waals surface area contributed by atoms with Gasteiger partial charge in [-0.25, -0.2) is 4.99 Å². The minimum absolute atomic E-state index is 0. The molecule has 108 valence electrons. The molecule has 7 heteroatoms. The van der Waals surface area contributed by atoms with Crippen molar-refractivity contribution in [2.45, 2.75) is 6.92 Å². The highest BCUT2D eigenvalue weighted by atomic mass is 127. The van der Waals surface area contributed by atoms with Crippen LogP contribution in [0.25, 0.3) is 0 Å². The Labute approximate surface area is 135 Å². The van der Waals surface area contributed by atoms with E-state index in [4.69, 9.17) is 6.42 Å². The zero-order valence-electron chi connectivity index (χ0n) is 11.2. The third-order valence-corrected chi connectivity index (χ3v) is 2.03. The third-order valence-electron chi connectivity index (χ3n) is 2.03. The van der Waals surface area contributed by atoms with Crippen LogP contribution >= 0.6 is 24.0 Å². The van der Waals surface area contributed by atoms with Gasteiger partial charge in [0, 0.05) is 12.7 Å². The molecule has 0 saturated carbocycles. The number of halogens is 1. The van der Waals surface area contributed by atoms with E-state index < -0.39 is 0 Å². The monoisotopic (exact) mass is 387 g/mol. The molecule has 0 atom stereocenters. The SMILES string of the molecule is C#CCNC(=NCC(=O)Nc1cccnc1)NCC.I. The van der Waals surface area contributed by atoms with Crippen molar-refractivity contribution in [2.75, 3.05) is 25.0 Å². The molecule has 6 nitrogen and oxygen atoms in total. The van der Waals surface area contributed by atoms with E-state index in [0.29, 0.717) is 24.7 Å². The van der Waals surface area contributed by atoms with Crippen molar-refractivity contribution in [3.05, 3.63) is 24.5 Å². The minimum atomic E-state index is -0.217. The van der Waals surface area contributed by atoms with Gasteiger partial charge in [-0.15, -0.1) is 30.4 Å². The van der Waals surface area contributed by atoms with Gasteiger partial charge in [-0.05, 0) is 19.1 Å². The highest BCUT2D eigenvalue weighted by Gasteiger charge is 2.02. The smallest absolute Gasteiger partial charge is 0.246 e. The summed E-state index contributed by atoms with van der Waals surface area (Å²) in [4.78, 5) is 19.7. The van der Waals surface area contributed by atoms with Crippen LogP contribution in [-0.2, 0) is 4.79 Å². The number of nitrogens with one attached hydrogen (secondary N) is 3. The summed E-state index contributed by atoms with van der Waals surface area (Å²) in [5, 5.41) is 8.58. The topological polar surface area (TPSA) is 78.4 Å². The Kier molecular flexibility index (Phi) is 10.0. The molecule has 0 spiro atoms. The second-order valence-electron chi connectivity index (χ2n) is 3.54. The van der Waals surface area contributed by atoms with Crippen LogP contribution in [0.3, 0.4) is 0 Å². The molecular weight excluding hydrogens is 369 g/mol. The number of aromatic nitrogens is 1. The van der Waals surface area contributed by atoms with Gasteiger partial charge in [0.05, 0.1) is 18.4 Å². The molecule has 0 unspecified atom stereocenters. The summed E-state index contributed by atoms with van der Waals surface area (Å²) in [6.45, 7) is 2.99. The van der Waals surface area contributed by atoms with Gasteiger partial charge in [-0.1, -0.05) is 5.92 Å². The maximum Gasteiger partial charge on any atom is 0.246 e. The zero-order valence-corrected chi connectivity index (χ0v) is 13.5. The van der Waals surface area contributed by atoms with E-state index in [1.165, 1.54) is 0 Å². The molecule has 0 fully saturated rings. The van der Waals surface area contributed by atoms with Crippen LogP contribution < -0.4 is 16.0 Å². The number of guanidine groups is 1. The van der Waals surface area contributed by atoms with Crippen LogP contribution in [0, 0.1) is 12.3 Å². The summed E-state index contributed by atoms with van der Waals surface area (Å²) in [5.74, 6) is 2.74. The summed E-state index contributed by atoms with van der Waals surface area (Å²) < 4.78 is 0. The average Bonchev–Trinajstić information content (AvgIpc) is 2.43. The first-order valence-corrected chi connectivity index (χ1v) is 5.91. The van der Waals surface area contributed by atoms with E-state index in [0.717, 1.165) is 0 Å². The van der Waals surface area contributed by atoms with Crippen LogP contribution in [0.15, 0.2) is 29.5 Å². The third kappa shape index (κ3) is 7.58. The largest absolute Gasteiger partial charge is 0.357 e. The molecule has 20 heavy (non-hydrogen) atoms. The highest BCUT2D eigenvalue weighted by Crippen LogP contribution is 2.01. The summed E-state index contributed by atoms with van der Waals surface area (Å²) in [5.41, 5.74) is 0.643. The van der Waals surface area contributed by atoms with Crippen molar-refractivity contribution >= 4 is 41.5 Å². The Morgan fingerprint density at radius 3 is 2.90 bits per heavy atom. The number of aliphatic imine (C=N–C) groups is 1. The van der Waals surface area contributed by atoms with Gasteiger partial charge < -0.3 is 16.0 Å². The molecule has 1 rings (SSSR count). The number of rotatable bonds is 5. The van der Waals surface area contributed by atoms with Crippen molar-refractivity contribution < 1.29 is 4.79 Å². The average molecular weight is 387 g/mol. The number of terminal acetylenes is 1. The molecular formula is C13H18IN5O. The molecule has 0 saturated heterocycles. The normalized spacial score (nSPS) is 9.90. The number of carbonyl (C=O) groups is 1. The van der Waals surface area contributed by atoms with Gasteiger partial charge in [-0.2, -0.15) is 0 Å². The number of anilines is 1. The zero-order chi connectivity index (χ0) is 13.9. The maximum absolute atomic E-state index is 11.7. The fourth-order valence-electron chi connectivity index (χ4n) is 1.26. The summed E-state index contributed by atoms with van der Waals surface area (Å²) in [6, 6.07) is 3.51. The highest BCUT2D eigenvalue weighted by molar-refractivity contribution is 14.0. The maximum atomic E-state index is 11.7. The Hall–Kier alpha value is -1.82. The molecule has 0 aliphatic rings. The lowest BCUT2D eigenvalue weighted by molar-refractivity contribution is -0.114. The Bertz CT molecular complexity index is 469. The molecule has 0 radical (unpaired) electrons. The fourth-order valence-corrected chi connectivity index (χ4v) is 1.26. The van der Waals surface area contributed by atoms with Crippen molar-refractivity contribution in [2.24, 2.45) is 4.99 Å². The molecule has 3 N–H and O–H groups in total. The molecule has 0 aliphatic heterocycles. The first-order valence-electron chi connectivity index (χ1n) is 5.91. The fraction of sp³-hybridized carbons (Fsp3) is 0.308. The lowest BCUT2D eigenvalue weighted by atomic mass is 10.4.